The van der Waals surface area contributed by atoms with Gasteiger partial charge in [0.1, 0.15) is 0 Å². The number of para-hydroxylation sites is 1. The van der Waals surface area contributed by atoms with Crippen LogP contribution < -0.4 is 9.80 Å². The molecule has 1 aliphatic heterocycles. The number of fused-ring (bicyclic) bond motifs is 10. The van der Waals surface area contributed by atoms with Crippen molar-refractivity contribution in [2.24, 2.45) is 0 Å². The van der Waals surface area contributed by atoms with E-state index in [4.69, 9.17) is 0 Å². The second-order valence-electron chi connectivity index (χ2n) is 18.5. The molecule has 0 radical (unpaired) electrons. The topological polar surface area (TPSA) is 6.48 Å². The molecule has 0 aromatic heterocycles. The minimum atomic E-state index is -0.498. The smallest absolute Gasteiger partial charge is 0.0714 e. The predicted molar refractivity (Wildman–Crippen MR) is 297 cm³/mol. The third-order valence-electron chi connectivity index (χ3n) is 14.7. The second kappa shape index (κ2) is 17.0. The highest BCUT2D eigenvalue weighted by molar-refractivity contribution is 6.25. The first-order chi connectivity index (χ1) is 34.6. The number of anilines is 5. The van der Waals surface area contributed by atoms with Crippen LogP contribution in [0.4, 0.5) is 28.4 Å². The van der Waals surface area contributed by atoms with Crippen molar-refractivity contribution in [3.8, 4) is 22.3 Å². The van der Waals surface area contributed by atoms with Crippen LogP contribution in [-0.2, 0) is 5.41 Å². The fourth-order valence-corrected chi connectivity index (χ4v) is 11.5. The van der Waals surface area contributed by atoms with Crippen molar-refractivity contribution in [1.29, 1.82) is 0 Å². The lowest BCUT2D eigenvalue weighted by atomic mass is 9.67. The summed E-state index contributed by atoms with van der Waals surface area (Å²) >= 11 is 0. The monoisotopic (exact) mass is 892 g/mol. The van der Waals surface area contributed by atoms with Crippen LogP contribution in [0.5, 0.6) is 0 Å². The standard InChI is InChI=1S/C68H48N2/c1-47-20-6-5-19-43-69(54-38-40-60-58-29-14-13-27-56(58)57-28-15-16-30-59(57)64(60)45-54)67-42-35-49(44-63(47)67)48-33-36-53(37-34-48)70(52-25-11-4-12-26-52)55-39-41-62-61-31-17-18-32-65(61)68(66(62)46-55,50-21-7-2-8-22-50)51-23-9-3-10-24-51/h2-42,44-46H,1,43H2/b19-5-,20-6-. The van der Waals surface area contributed by atoms with E-state index in [0.29, 0.717) is 0 Å². The summed E-state index contributed by atoms with van der Waals surface area (Å²) in [7, 11) is 0. The Morgan fingerprint density at radius 1 is 0.386 bits per heavy atom. The van der Waals surface area contributed by atoms with Gasteiger partial charge in [-0.05, 0) is 143 Å². The first-order valence-electron chi connectivity index (χ1n) is 24.2. The summed E-state index contributed by atoms with van der Waals surface area (Å²) in [5.74, 6) is 0. The van der Waals surface area contributed by atoms with Crippen LogP contribution in [0.3, 0.4) is 0 Å². The van der Waals surface area contributed by atoms with Gasteiger partial charge in [-0.3, -0.25) is 0 Å². The van der Waals surface area contributed by atoms with Crippen LogP contribution in [0.25, 0.3) is 60.1 Å². The number of allylic oxidation sites excluding steroid dienone is 4. The molecule has 0 atom stereocenters. The first kappa shape index (κ1) is 41.2. The average Bonchev–Trinajstić information content (AvgIpc) is 3.76. The van der Waals surface area contributed by atoms with E-state index in [0.717, 1.165) is 57.2 Å². The molecular weight excluding hydrogens is 845 g/mol. The lowest BCUT2D eigenvalue weighted by Crippen LogP contribution is -2.28. The molecule has 0 fully saturated rings. The molecule has 0 saturated carbocycles. The van der Waals surface area contributed by atoms with Crippen molar-refractivity contribution in [2.75, 3.05) is 16.3 Å². The number of nitrogens with zero attached hydrogens (tertiary/aromatic N) is 2. The molecule has 70 heavy (non-hydrogen) atoms. The zero-order valence-electron chi connectivity index (χ0n) is 38.7. The molecule has 0 spiro atoms. The van der Waals surface area contributed by atoms with Crippen LogP contribution in [0.2, 0.25) is 0 Å². The van der Waals surface area contributed by atoms with Crippen LogP contribution in [0.15, 0.2) is 274 Å². The highest BCUT2D eigenvalue weighted by Gasteiger charge is 2.46. The quantitative estimate of drug-likeness (QED) is 0.147. The first-order valence-corrected chi connectivity index (χ1v) is 24.2. The minimum Gasteiger partial charge on any atom is -0.337 e. The van der Waals surface area contributed by atoms with Crippen LogP contribution in [0, 0.1) is 0 Å². The fraction of sp³-hybridized carbons (Fsp3) is 0.0294. The van der Waals surface area contributed by atoms with Gasteiger partial charge in [-0.15, -0.1) is 0 Å². The summed E-state index contributed by atoms with van der Waals surface area (Å²) in [6.45, 7) is 5.34. The van der Waals surface area contributed by atoms with Crippen LogP contribution in [-0.4, -0.2) is 6.54 Å². The van der Waals surface area contributed by atoms with Gasteiger partial charge in [-0.2, -0.15) is 0 Å². The van der Waals surface area contributed by atoms with E-state index in [1.165, 1.54) is 65.7 Å². The Labute approximate surface area is 409 Å². The zero-order valence-corrected chi connectivity index (χ0v) is 38.7. The van der Waals surface area contributed by atoms with Gasteiger partial charge >= 0.3 is 0 Å². The number of hydrogen-bond donors (Lipinski definition) is 0. The number of hydrogen-bond acceptors (Lipinski definition) is 2. The van der Waals surface area contributed by atoms with Crippen molar-refractivity contribution < 1.29 is 0 Å². The van der Waals surface area contributed by atoms with Gasteiger partial charge in [0, 0.05) is 40.5 Å². The van der Waals surface area contributed by atoms with E-state index >= 15 is 0 Å². The summed E-state index contributed by atoms with van der Waals surface area (Å²) in [6.07, 6.45) is 8.60. The predicted octanol–water partition coefficient (Wildman–Crippen LogP) is 17.9. The van der Waals surface area contributed by atoms with Gasteiger partial charge in [0.05, 0.1) is 5.41 Å². The third kappa shape index (κ3) is 6.64. The maximum Gasteiger partial charge on any atom is 0.0714 e. The van der Waals surface area contributed by atoms with Crippen LogP contribution >= 0.6 is 0 Å². The average molecular weight is 893 g/mol. The van der Waals surface area contributed by atoms with Crippen molar-refractivity contribution in [3.63, 3.8) is 0 Å². The summed E-state index contributed by atoms with van der Waals surface area (Å²) < 4.78 is 0. The molecule has 1 heterocycles. The van der Waals surface area contributed by atoms with Crippen molar-refractivity contribution in [3.05, 3.63) is 301 Å². The highest BCUT2D eigenvalue weighted by Crippen LogP contribution is 2.57. The van der Waals surface area contributed by atoms with Gasteiger partial charge in [-0.25, -0.2) is 0 Å². The Morgan fingerprint density at radius 2 is 0.929 bits per heavy atom. The van der Waals surface area contributed by atoms with E-state index < -0.39 is 5.41 Å². The SMILES string of the molecule is C=C1/C=C\C=C/CN(c2ccc3c4ccccc4c4ccccc4c3c2)c2ccc(-c3ccc(N(c4ccccc4)c4ccc5c(c4)C(c4ccccc4)(c4ccccc4)c4ccccc4-5)cc3)cc21. The fourth-order valence-electron chi connectivity index (χ4n) is 11.5. The molecule has 1 aliphatic carbocycles. The lowest BCUT2D eigenvalue weighted by molar-refractivity contribution is 0.768. The number of benzene rings is 11. The van der Waals surface area contributed by atoms with Crippen molar-refractivity contribution in [2.45, 2.75) is 5.41 Å². The maximum atomic E-state index is 4.62. The molecule has 0 bridgehead atoms. The van der Waals surface area contributed by atoms with Gasteiger partial charge in [0.2, 0.25) is 0 Å². The molecular formula is C68H48N2. The Kier molecular flexibility index (Phi) is 9.99. The molecule has 13 rings (SSSR count). The van der Waals surface area contributed by atoms with Crippen molar-refractivity contribution in [1.82, 2.24) is 0 Å². The Balaban J connectivity index is 0.906. The molecule has 0 N–H and O–H groups in total. The zero-order chi connectivity index (χ0) is 46.6. The molecule has 0 amide bonds. The van der Waals surface area contributed by atoms with Gasteiger partial charge in [-0.1, -0.05) is 213 Å². The molecule has 11 aromatic carbocycles. The molecule has 2 heteroatoms. The Hall–Kier alpha value is -8.98. The van der Waals surface area contributed by atoms with E-state index in [2.05, 4.69) is 283 Å². The Bertz CT molecular complexity index is 3790. The molecule has 0 unspecified atom stereocenters. The van der Waals surface area contributed by atoms with E-state index in [-0.39, 0.29) is 0 Å². The normalized spacial score (nSPS) is 14.6. The van der Waals surface area contributed by atoms with E-state index in [9.17, 15) is 0 Å². The molecule has 2 aliphatic rings. The minimum absolute atomic E-state index is 0.498. The van der Waals surface area contributed by atoms with Gasteiger partial charge < -0.3 is 9.80 Å². The van der Waals surface area contributed by atoms with E-state index in [1.807, 2.05) is 0 Å². The molecule has 11 aromatic rings. The highest BCUT2D eigenvalue weighted by atomic mass is 15.1. The summed E-state index contributed by atoms with van der Waals surface area (Å²) in [5, 5.41) is 7.63. The van der Waals surface area contributed by atoms with Gasteiger partial charge in [0.15, 0.2) is 0 Å². The van der Waals surface area contributed by atoms with E-state index in [1.54, 1.807) is 0 Å². The van der Waals surface area contributed by atoms with Crippen LogP contribution in [0.1, 0.15) is 27.8 Å². The van der Waals surface area contributed by atoms with Crippen molar-refractivity contribution >= 4 is 66.3 Å². The van der Waals surface area contributed by atoms with Gasteiger partial charge in [0.25, 0.3) is 0 Å². The summed E-state index contributed by atoms with van der Waals surface area (Å²) in [4.78, 5) is 4.82. The summed E-state index contributed by atoms with van der Waals surface area (Å²) in [6, 6.07) is 89.3. The number of rotatable bonds is 7. The second-order valence-corrected chi connectivity index (χ2v) is 18.5. The molecule has 0 saturated heterocycles. The lowest BCUT2D eigenvalue weighted by Gasteiger charge is -2.35. The Morgan fingerprint density at radius 3 is 1.61 bits per heavy atom. The molecule has 2 nitrogen and oxygen atoms in total. The maximum absolute atomic E-state index is 4.62. The summed E-state index contributed by atoms with van der Waals surface area (Å²) in [5.41, 5.74) is 17.0. The molecule has 330 valence electrons. The third-order valence-corrected chi connectivity index (χ3v) is 14.7. The largest absolute Gasteiger partial charge is 0.337 e.